The molecule has 7 heteroatoms. The van der Waals surface area contributed by atoms with Gasteiger partial charge < -0.3 is 19.9 Å². The molecule has 152 valence electrons. The van der Waals surface area contributed by atoms with Crippen LogP contribution in [-0.4, -0.2) is 36.3 Å². The van der Waals surface area contributed by atoms with Crippen molar-refractivity contribution in [1.82, 2.24) is 15.2 Å². The molecule has 1 heterocycles. The second-order valence-electron chi connectivity index (χ2n) is 7.38. The van der Waals surface area contributed by atoms with E-state index < -0.39 is 0 Å². The molecule has 1 aliphatic rings. The number of amides is 2. The van der Waals surface area contributed by atoms with E-state index in [-0.39, 0.29) is 36.3 Å². The Morgan fingerprint density at radius 3 is 2.61 bits per heavy atom. The van der Waals surface area contributed by atoms with Crippen LogP contribution in [0.15, 0.2) is 18.2 Å². The first-order chi connectivity index (χ1) is 13.4. The van der Waals surface area contributed by atoms with E-state index in [0.717, 1.165) is 47.8 Å². The maximum Gasteiger partial charge on any atom is 0.325 e. The van der Waals surface area contributed by atoms with Crippen molar-refractivity contribution in [2.75, 3.05) is 13.7 Å². The van der Waals surface area contributed by atoms with Gasteiger partial charge in [0.05, 0.1) is 7.11 Å². The van der Waals surface area contributed by atoms with E-state index in [1.807, 2.05) is 18.4 Å². The van der Waals surface area contributed by atoms with Crippen molar-refractivity contribution in [3.8, 4) is 0 Å². The predicted molar refractivity (Wildman–Crippen MR) is 106 cm³/mol. The number of ether oxygens (including phenoxy) is 1. The number of carbonyl (C=O) groups is 2. The van der Waals surface area contributed by atoms with Crippen LogP contribution in [0.4, 0.5) is 9.18 Å². The van der Waals surface area contributed by atoms with Crippen molar-refractivity contribution >= 4 is 22.9 Å². The predicted octanol–water partition coefficient (Wildman–Crippen LogP) is 3.61. The number of benzene rings is 1. The van der Waals surface area contributed by atoms with Crippen LogP contribution in [-0.2, 0) is 16.1 Å². The number of fused-ring (bicyclic) bond motifs is 1. The highest BCUT2D eigenvalue weighted by Gasteiger charge is 2.28. The van der Waals surface area contributed by atoms with Gasteiger partial charge in [-0.3, -0.25) is 4.79 Å². The SMILES string of the molecule is CCNC(=O)NC1CCC(c2c(C)n(CC(=O)OC)c3ccc(F)cc23)CC1. The Kier molecular flexibility index (Phi) is 6.21. The molecule has 2 amide bonds. The summed E-state index contributed by atoms with van der Waals surface area (Å²) in [6.07, 6.45) is 3.57. The molecule has 28 heavy (non-hydrogen) atoms. The molecule has 3 rings (SSSR count). The van der Waals surface area contributed by atoms with Crippen LogP contribution in [0.2, 0.25) is 0 Å². The Bertz CT molecular complexity index is 869. The topological polar surface area (TPSA) is 72.4 Å². The van der Waals surface area contributed by atoms with Crippen molar-refractivity contribution in [1.29, 1.82) is 0 Å². The third kappa shape index (κ3) is 4.13. The third-order valence-electron chi connectivity index (χ3n) is 5.66. The highest BCUT2D eigenvalue weighted by molar-refractivity contribution is 5.87. The van der Waals surface area contributed by atoms with Crippen LogP contribution in [0.1, 0.15) is 49.8 Å². The average molecular weight is 389 g/mol. The monoisotopic (exact) mass is 389 g/mol. The summed E-state index contributed by atoms with van der Waals surface area (Å²) in [7, 11) is 1.37. The number of nitrogens with zero attached hydrogens (tertiary/aromatic N) is 1. The molecule has 0 aliphatic heterocycles. The van der Waals surface area contributed by atoms with Gasteiger partial charge in [-0.25, -0.2) is 9.18 Å². The van der Waals surface area contributed by atoms with E-state index in [1.165, 1.54) is 13.2 Å². The van der Waals surface area contributed by atoms with Gasteiger partial charge in [0.25, 0.3) is 0 Å². The number of hydrogen-bond acceptors (Lipinski definition) is 3. The van der Waals surface area contributed by atoms with E-state index in [4.69, 9.17) is 4.74 Å². The lowest BCUT2D eigenvalue weighted by Gasteiger charge is -2.29. The highest BCUT2D eigenvalue weighted by Crippen LogP contribution is 2.40. The summed E-state index contributed by atoms with van der Waals surface area (Å²) in [6, 6.07) is 4.74. The number of aromatic nitrogens is 1. The number of urea groups is 1. The molecular formula is C21H28FN3O3. The van der Waals surface area contributed by atoms with Crippen LogP contribution in [0.25, 0.3) is 10.9 Å². The Hall–Kier alpha value is -2.57. The van der Waals surface area contributed by atoms with Gasteiger partial charge in [-0.15, -0.1) is 0 Å². The first-order valence-electron chi connectivity index (χ1n) is 9.84. The lowest BCUT2D eigenvalue weighted by Crippen LogP contribution is -2.43. The molecule has 2 aromatic rings. The molecular weight excluding hydrogens is 361 g/mol. The summed E-state index contributed by atoms with van der Waals surface area (Å²) < 4.78 is 20.7. The first-order valence-corrected chi connectivity index (χ1v) is 9.84. The Morgan fingerprint density at radius 2 is 1.96 bits per heavy atom. The molecule has 1 aliphatic carbocycles. The van der Waals surface area contributed by atoms with Gasteiger partial charge in [-0.2, -0.15) is 0 Å². The number of esters is 1. The molecule has 0 unspecified atom stereocenters. The lowest BCUT2D eigenvalue weighted by atomic mass is 9.80. The normalized spacial score (nSPS) is 19.4. The Balaban J connectivity index is 1.85. The van der Waals surface area contributed by atoms with Crippen molar-refractivity contribution < 1.29 is 18.7 Å². The van der Waals surface area contributed by atoms with Crippen LogP contribution < -0.4 is 10.6 Å². The largest absolute Gasteiger partial charge is 0.468 e. The van der Waals surface area contributed by atoms with Gasteiger partial charge in [0.2, 0.25) is 0 Å². The molecule has 0 spiro atoms. The van der Waals surface area contributed by atoms with E-state index in [2.05, 4.69) is 10.6 Å². The summed E-state index contributed by atoms with van der Waals surface area (Å²) in [5.41, 5.74) is 2.93. The Morgan fingerprint density at radius 1 is 1.25 bits per heavy atom. The van der Waals surface area contributed by atoms with Gasteiger partial charge in [-0.05, 0) is 69.2 Å². The zero-order valence-corrected chi connectivity index (χ0v) is 16.7. The van der Waals surface area contributed by atoms with Crippen LogP contribution in [0.5, 0.6) is 0 Å². The molecule has 1 aromatic carbocycles. The minimum Gasteiger partial charge on any atom is -0.468 e. The van der Waals surface area contributed by atoms with Gasteiger partial charge in [0.1, 0.15) is 12.4 Å². The van der Waals surface area contributed by atoms with E-state index >= 15 is 0 Å². The average Bonchev–Trinajstić information content (AvgIpc) is 2.93. The molecule has 0 atom stereocenters. The lowest BCUT2D eigenvalue weighted by molar-refractivity contribution is -0.141. The van der Waals surface area contributed by atoms with Crippen molar-refractivity contribution in [2.45, 2.75) is 58.0 Å². The second-order valence-corrected chi connectivity index (χ2v) is 7.38. The number of carbonyl (C=O) groups excluding carboxylic acids is 2. The number of hydrogen-bond donors (Lipinski definition) is 2. The fraction of sp³-hybridized carbons (Fsp3) is 0.524. The minimum atomic E-state index is -0.328. The molecule has 0 radical (unpaired) electrons. The maximum atomic E-state index is 14.0. The molecule has 0 bridgehead atoms. The number of rotatable bonds is 5. The minimum absolute atomic E-state index is 0.110. The quantitative estimate of drug-likeness (QED) is 0.768. The summed E-state index contributed by atoms with van der Waals surface area (Å²) in [4.78, 5) is 23.6. The van der Waals surface area contributed by atoms with E-state index in [0.29, 0.717) is 6.54 Å². The van der Waals surface area contributed by atoms with Crippen molar-refractivity contribution in [3.05, 3.63) is 35.3 Å². The fourth-order valence-corrected chi connectivity index (χ4v) is 4.32. The fourth-order valence-electron chi connectivity index (χ4n) is 4.32. The molecule has 1 fully saturated rings. The molecule has 1 aromatic heterocycles. The number of halogens is 1. The molecule has 0 saturated heterocycles. The van der Waals surface area contributed by atoms with Crippen molar-refractivity contribution in [2.24, 2.45) is 0 Å². The van der Waals surface area contributed by atoms with Crippen LogP contribution >= 0.6 is 0 Å². The zero-order valence-electron chi connectivity index (χ0n) is 16.7. The van der Waals surface area contributed by atoms with Gasteiger partial charge >= 0.3 is 12.0 Å². The second kappa shape index (κ2) is 8.63. The summed E-state index contributed by atoms with van der Waals surface area (Å²) in [5.74, 6) is -0.336. The summed E-state index contributed by atoms with van der Waals surface area (Å²) in [6.45, 7) is 4.59. The van der Waals surface area contributed by atoms with Gasteiger partial charge in [0, 0.05) is 29.2 Å². The summed E-state index contributed by atoms with van der Waals surface area (Å²) >= 11 is 0. The van der Waals surface area contributed by atoms with E-state index in [9.17, 15) is 14.0 Å². The highest BCUT2D eigenvalue weighted by atomic mass is 19.1. The van der Waals surface area contributed by atoms with Gasteiger partial charge in [-0.1, -0.05) is 0 Å². The summed E-state index contributed by atoms with van der Waals surface area (Å²) in [5, 5.41) is 6.64. The third-order valence-corrected chi connectivity index (χ3v) is 5.66. The molecule has 6 nitrogen and oxygen atoms in total. The first kappa shape index (κ1) is 20.2. The standard InChI is InChI=1S/C21H28FN3O3/c1-4-23-21(27)24-16-8-5-14(6-9-16)20-13(2)25(12-19(26)28-3)18-10-7-15(22)11-17(18)20/h7,10-11,14,16H,4-6,8-9,12H2,1-3H3,(H2,23,24,27). The van der Waals surface area contributed by atoms with Crippen LogP contribution in [0, 0.1) is 12.7 Å². The molecule has 1 saturated carbocycles. The van der Waals surface area contributed by atoms with Crippen LogP contribution in [0.3, 0.4) is 0 Å². The van der Waals surface area contributed by atoms with E-state index in [1.54, 1.807) is 12.1 Å². The smallest absolute Gasteiger partial charge is 0.325 e. The number of methoxy groups -OCH3 is 1. The Labute approximate surface area is 164 Å². The molecule has 2 N–H and O–H groups in total. The van der Waals surface area contributed by atoms with Gasteiger partial charge in [0.15, 0.2) is 0 Å². The zero-order chi connectivity index (χ0) is 20.3. The number of nitrogens with one attached hydrogen (secondary N) is 2. The maximum absolute atomic E-state index is 14.0. The van der Waals surface area contributed by atoms with Crippen molar-refractivity contribution in [3.63, 3.8) is 0 Å².